The Balaban J connectivity index is 2.47. The molecule has 0 bridgehead atoms. The summed E-state index contributed by atoms with van der Waals surface area (Å²) in [7, 11) is 0. The Kier molecular flexibility index (Phi) is 3.16. The third-order valence-corrected chi connectivity index (χ3v) is 6.46. The fourth-order valence-electron chi connectivity index (χ4n) is 3.34. The largest absolute Gasteiger partial charge is 0.392 e. The van der Waals surface area contributed by atoms with E-state index in [9.17, 15) is 5.11 Å². The Hall–Kier alpha value is -0.340. The Morgan fingerprint density at radius 3 is 2.59 bits per heavy atom. The summed E-state index contributed by atoms with van der Waals surface area (Å²) in [6.45, 7) is 12.7. The van der Waals surface area contributed by atoms with Gasteiger partial charge in [-0.1, -0.05) is 66.2 Å². The molecule has 1 fully saturated rings. The highest BCUT2D eigenvalue weighted by Crippen LogP contribution is 2.59. The van der Waals surface area contributed by atoms with E-state index >= 15 is 0 Å². The molecule has 17 heavy (non-hydrogen) atoms. The molecule has 3 atom stereocenters. The number of rotatable bonds is 0. The van der Waals surface area contributed by atoms with Gasteiger partial charge >= 0.3 is 0 Å². The van der Waals surface area contributed by atoms with Gasteiger partial charge in [0, 0.05) is 10.2 Å². The molecule has 0 unspecified atom stereocenters. The molecule has 0 saturated heterocycles. The zero-order valence-corrected chi connectivity index (χ0v) is 12.3. The second kappa shape index (κ2) is 4.10. The van der Waals surface area contributed by atoms with Crippen molar-refractivity contribution in [2.75, 3.05) is 0 Å². The summed E-state index contributed by atoms with van der Waals surface area (Å²) in [5.74, 6) is 0. The molecule has 0 aliphatic heterocycles. The molecule has 0 amide bonds. The van der Waals surface area contributed by atoms with Crippen LogP contribution < -0.4 is 0 Å². The monoisotopic (exact) mass is 296 g/mol. The van der Waals surface area contributed by atoms with Crippen LogP contribution >= 0.6 is 15.9 Å². The maximum absolute atomic E-state index is 10.1. The van der Waals surface area contributed by atoms with Gasteiger partial charge in [0.05, 0.1) is 6.10 Å². The molecule has 2 rings (SSSR count). The van der Waals surface area contributed by atoms with Gasteiger partial charge in [-0.05, 0) is 24.7 Å². The van der Waals surface area contributed by atoms with Crippen molar-refractivity contribution in [3.05, 3.63) is 36.5 Å². The highest BCUT2D eigenvalue weighted by molar-refractivity contribution is 9.09. The quantitative estimate of drug-likeness (QED) is 0.529. The number of alkyl halides is 1. The van der Waals surface area contributed by atoms with Gasteiger partial charge in [0.2, 0.25) is 0 Å². The molecule has 0 aromatic carbocycles. The van der Waals surface area contributed by atoms with E-state index in [1.165, 1.54) is 5.57 Å². The number of hydrogen-bond donors (Lipinski definition) is 1. The van der Waals surface area contributed by atoms with Gasteiger partial charge in [-0.3, -0.25) is 0 Å². The molecule has 0 aromatic rings. The molecule has 2 heteroatoms. The Bertz CT molecular complexity index is 394. The van der Waals surface area contributed by atoms with Crippen LogP contribution in [0.2, 0.25) is 0 Å². The Morgan fingerprint density at radius 1 is 1.41 bits per heavy atom. The minimum Gasteiger partial charge on any atom is -0.392 e. The van der Waals surface area contributed by atoms with Crippen LogP contribution in [0.15, 0.2) is 36.5 Å². The molecule has 1 saturated carbocycles. The van der Waals surface area contributed by atoms with E-state index in [2.05, 4.69) is 55.1 Å². The van der Waals surface area contributed by atoms with Crippen LogP contribution in [0.1, 0.15) is 33.1 Å². The zero-order valence-electron chi connectivity index (χ0n) is 10.7. The van der Waals surface area contributed by atoms with Gasteiger partial charge in [0.1, 0.15) is 0 Å². The van der Waals surface area contributed by atoms with Crippen molar-refractivity contribution in [2.45, 2.75) is 44.0 Å². The van der Waals surface area contributed by atoms with Crippen LogP contribution in [0, 0.1) is 10.8 Å². The number of halogens is 1. The van der Waals surface area contributed by atoms with Crippen molar-refractivity contribution in [1.29, 1.82) is 0 Å². The van der Waals surface area contributed by atoms with E-state index in [0.29, 0.717) is 6.42 Å². The minimum absolute atomic E-state index is 0.00157. The summed E-state index contributed by atoms with van der Waals surface area (Å²) < 4.78 is 0. The van der Waals surface area contributed by atoms with Crippen LogP contribution in [0.5, 0.6) is 0 Å². The first-order valence-electron chi connectivity index (χ1n) is 6.19. The third kappa shape index (κ3) is 1.77. The van der Waals surface area contributed by atoms with E-state index in [1.54, 1.807) is 0 Å². The fraction of sp³-hybridized carbons (Fsp3) is 0.600. The van der Waals surface area contributed by atoms with Crippen molar-refractivity contribution < 1.29 is 5.11 Å². The first kappa shape index (κ1) is 13.1. The summed E-state index contributed by atoms with van der Waals surface area (Å²) in [5.41, 5.74) is 2.33. The summed E-state index contributed by atoms with van der Waals surface area (Å²) in [6.07, 6.45) is 6.84. The van der Waals surface area contributed by atoms with Gasteiger partial charge in [-0.25, -0.2) is 0 Å². The van der Waals surface area contributed by atoms with E-state index in [1.807, 2.05) is 0 Å². The molecule has 2 aliphatic rings. The van der Waals surface area contributed by atoms with E-state index < -0.39 is 0 Å². The molecule has 2 aliphatic carbocycles. The molecular weight excluding hydrogens is 276 g/mol. The topological polar surface area (TPSA) is 20.2 Å². The Morgan fingerprint density at radius 2 is 2.06 bits per heavy atom. The normalized spacial score (nSPS) is 40.9. The van der Waals surface area contributed by atoms with Gasteiger partial charge in [-0.15, -0.1) is 0 Å². The zero-order chi connectivity index (χ0) is 12.8. The van der Waals surface area contributed by atoms with Gasteiger partial charge in [0.15, 0.2) is 0 Å². The highest BCUT2D eigenvalue weighted by Gasteiger charge is 2.54. The molecule has 1 N–H and O–H groups in total. The minimum atomic E-state index is -0.332. The predicted molar refractivity (Wildman–Crippen MR) is 76.2 cm³/mol. The smallest absolute Gasteiger partial charge is 0.0708 e. The van der Waals surface area contributed by atoms with Crippen molar-refractivity contribution in [3.8, 4) is 0 Å². The van der Waals surface area contributed by atoms with Crippen LogP contribution in [-0.2, 0) is 0 Å². The van der Waals surface area contributed by atoms with Crippen LogP contribution in [-0.4, -0.2) is 16.0 Å². The fourth-order valence-corrected chi connectivity index (χ4v) is 3.93. The number of hydrogen-bond acceptors (Lipinski definition) is 1. The first-order valence-corrected chi connectivity index (χ1v) is 7.10. The lowest BCUT2D eigenvalue weighted by Gasteiger charge is -2.55. The standard InChI is InChI=1S/C15H21BrO/c1-10-5-7-15(8-6-10)11(2)9-12(17)13(16)14(15,3)4/h5,7,12-13,17H,1-2,6,8-9H2,3-4H3/t12-,13-,15-/m0/s1. The molecule has 94 valence electrons. The first-order chi connectivity index (χ1) is 7.81. The Labute approximate surface area is 112 Å². The summed E-state index contributed by atoms with van der Waals surface area (Å²) in [6, 6.07) is 0. The predicted octanol–water partition coefficient (Wildman–Crippen LogP) is 3.99. The molecule has 0 aromatic heterocycles. The lowest BCUT2D eigenvalue weighted by Crippen LogP contribution is -2.53. The second-order valence-corrected chi connectivity index (χ2v) is 6.95. The lowest BCUT2D eigenvalue weighted by atomic mass is 9.52. The second-order valence-electron chi connectivity index (χ2n) is 5.96. The van der Waals surface area contributed by atoms with Crippen LogP contribution in [0.4, 0.5) is 0 Å². The molecule has 0 radical (unpaired) electrons. The SMILES string of the molecule is C=C1C=C[C@]2(CC1)C(=C)C[C@H](O)[C@H](Br)C2(C)C. The van der Waals surface area contributed by atoms with Gasteiger partial charge in [-0.2, -0.15) is 0 Å². The summed E-state index contributed by atoms with van der Waals surface area (Å²) in [4.78, 5) is 0.108. The third-order valence-electron chi connectivity index (χ3n) is 4.71. The molecule has 1 spiro atoms. The highest BCUT2D eigenvalue weighted by atomic mass is 79.9. The van der Waals surface area contributed by atoms with Gasteiger partial charge < -0.3 is 5.11 Å². The number of aliphatic hydroxyl groups excluding tert-OH is 1. The van der Waals surface area contributed by atoms with Crippen LogP contribution in [0.25, 0.3) is 0 Å². The summed E-state index contributed by atoms with van der Waals surface area (Å²) >= 11 is 3.68. The average Bonchev–Trinajstić information content (AvgIpc) is 2.27. The van der Waals surface area contributed by atoms with E-state index in [0.717, 1.165) is 18.4 Å². The van der Waals surface area contributed by atoms with Gasteiger partial charge in [0.25, 0.3) is 0 Å². The summed E-state index contributed by atoms with van der Waals surface area (Å²) in [5, 5.41) is 10.1. The van der Waals surface area contributed by atoms with Crippen molar-refractivity contribution in [2.24, 2.45) is 10.8 Å². The lowest BCUT2D eigenvalue weighted by molar-refractivity contribution is 0.0288. The average molecular weight is 297 g/mol. The van der Waals surface area contributed by atoms with Crippen molar-refractivity contribution in [1.82, 2.24) is 0 Å². The molecular formula is C15H21BrO. The van der Waals surface area contributed by atoms with Crippen molar-refractivity contribution >= 4 is 15.9 Å². The molecule has 0 heterocycles. The maximum Gasteiger partial charge on any atom is 0.0708 e. The number of aliphatic hydroxyl groups is 1. The van der Waals surface area contributed by atoms with Crippen LogP contribution in [0.3, 0.4) is 0 Å². The number of allylic oxidation sites excluding steroid dienone is 3. The van der Waals surface area contributed by atoms with Crippen molar-refractivity contribution in [3.63, 3.8) is 0 Å². The molecule has 1 nitrogen and oxygen atoms in total. The maximum atomic E-state index is 10.1. The van der Waals surface area contributed by atoms with E-state index in [4.69, 9.17) is 0 Å². The van der Waals surface area contributed by atoms with E-state index in [-0.39, 0.29) is 21.8 Å².